The predicted molar refractivity (Wildman–Crippen MR) is 94.2 cm³/mol. The standard InChI is InChI=1S/C17H21BrN2O3S/c1-11(12-4-5-12)20-10-13-8-14(18)9-15(16(13)17(20)21)24(22,23)19-6-2-3-7-19/h8-9,11-12H,2-7,10H2,1H3. The quantitative estimate of drug-likeness (QED) is 0.763. The fourth-order valence-electron chi connectivity index (χ4n) is 3.84. The van der Waals surface area contributed by atoms with Crippen molar-refractivity contribution in [2.24, 2.45) is 5.92 Å². The van der Waals surface area contributed by atoms with E-state index in [1.54, 1.807) is 6.07 Å². The Balaban J connectivity index is 1.77. The van der Waals surface area contributed by atoms with Crippen LogP contribution in [0.3, 0.4) is 0 Å². The average molecular weight is 413 g/mol. The zero-order valence-corrected chi connectivity index (χ0v) is 16.1. The van der Waals surface area contributed by atoms with Crippen LogP contribution in [-0.4, -0.2) is 42.7 Å². The molecule has 1 unspecified atom stereocenters. The fraction of sp³-hybridized carbons (Fsp3) is 0.588. The lowest BCUT2D eigenvalue weighted by Crippen LogP contribution is -2.35. The molecule has 5 nitrogen and oxygen atoms in total. The summed E-state index contributed by atoms with van der Waals surface area (Å²) in [4.78, 5) is 15.0. The molecule has 2 aliphatic heterocycles. The molecule has 1 aromatic carbocycles. The first-order valence-corrected chi connectivity index (χ1v) is 10.8. The van der Waals surface area contributed by atoms with Crippen molar-refractivity contribution >= 4 is 31.9 Å². The van der Waals surface area contributed by atoms with Gasteiger partial charge in [-0.1, -0.05) is 15.9 Å². The summed E-state index contributed by atoms with van der Waals surface area (Å²) in [5.41, 5.74) is 1.21. The third-order valence-corrected chi connectivity index (χ3v) is 7.82. The van der Waals surface area contributed by atoms with Crippen LogP contribution in [0.1, 0.15) is 48.5 Å². The molecule has 0 bridgehead atoms. The second-order valence-corrected chi connectivity index (χ2v) is 9.88. The lowest BCUT2D eigenvalue weighted by Gasteiger charge is -2.24. The smallest absolute Gasteiger partial charge is 0.256 e. The first-order valence-electron chi connectivity index (χ1n) is 8.53. The minimum absolute atomic E-state index is 0.130. The first-order chi connectivity index (χ1) is 11.4. The van der Waals surface area contributed by atoms with E-state index in [-0.39, 0.29) is 16.8 Å². The molecule has 1 aromatic rings. The Morgan fingerprint density at radius 3 is 2.50 bits per heavy atom. The SMILES string of the molecule is CC(C1CC1)N1Cc2cc(Br)cc(S(=O)(=O)N3CCCC3)c2C1=O. The maximum absolute atomic E-state index is 13.0. The van der Waals surface area contributed by atoms with E-state index in [0.29, 0.717) is 35.6 Å². The second kappa shape index (κ2) is 5.81. The highest BCUT2D eigenvalue weighted by molar-refractivity contribution is 9.10. The van der Waals surface area contributed by atoms with Gasteiger partial charge in [0.15, 0.2) is 0 Å². The summed E-state index contributed by atoms with van der Waals surface area (Å²) in [6.45, 7) is 3.67. The van der Waals surface area contributed by atoms with Crippen LogP contribution < -0.4 is 0 Å². The third kappa shape index (κ3) is 2.61. The van der Waals surface area contributed by atoms with Gasteiger partial charge < -0.3 is 4.90 Å². The highest BCUT2D eigenvalue weighted by Gasteiger charge is 2.42. The first kappa shape index (κ1) is 16.5. The van der Waals surface area contributed by atoms with E-state index in [1.807, 2.05) is 11.0 Å². The third-order valence-electron chi connectivity index (χ3n) is 5.44. The van der Waals surface area contributed by atoms with Gasteiger partial charge in [0.05, 0.1) is 10.5 Å². The minimum Gasteiger partial charge on any atom is -0.331 e. The number of hydrogen-bond acceptors (Lipinski definition) is 3. The molecule has 3 aliphatic rings. The molecular formula is C17H21BrN2O3S. The van der Waals surface area contributed by atoms with Crippen LogP contribution in [0.2, 0.25) is 0 Å². The van der Waals surface area contributed by atoms with Crippen molar-refractivity contribution in [1.29, 1.82) is 0 Å². The molecule has 0 spiro atoms. The number of sulfonamides is 1. The van der Waals surface area contributed by atoms with Gasteiger partial charge in [-0.3, -0.25) is 4.79 Å². The topological polar surface area (TPSA) is 57.7 Å². The molecular weight excluding hydrogens is 392 g/mol. The van der Waals surface area contributed by atoms with Gasteiger partial charge in [-0.2, -0.15) is 4.31 Å². The monoisotopic (exact) mass is 412 g/mol. The largest absolute Gasteiger partial charge is 0.331 e. The maximum atomic E-state index is 13.0. The normalized spacial score (nSPS) is 22.9. The number of fused-ring (bicyclic) bond motifs is 1. The molecule has 7 heteroatoms. The summed E-state index contributed by atoms with van der Waals surface area (Å²) in [6, 6.07) is 3.65. The van der Waals surface area contributed by atoms with Crippen LogP contribution >= 0.6 is 15.9 Å². The number of benzene rings is 1. The Morgan fingerprint density at radius 1 is 1.21 bits per heavy atom. The number of carbonyl (C=O) groups is 1. The Hall–Kier alpha value is -0.920. The second-order valence-electron chi connectivity index (χ2n) is 7.06. The van der Waals surface area contributed by atoms with E-state index < -0.39 is 10.0 Å². The van der Waals surface area contributed by atoms with E-state index in [0.717, 1.165) is 31.2 Å². The molecule has 0 N–H and O–H groups in total. The van der Waals surface area contributed by atoms with Crippen LogP contribution in [0.4, 0.5) is 0 Å². The molecule has 1 aliphatic carbocycles. The van der Waals surface area contributed by atoms with Crippen LogP contribution in [0.25, 0.3) is 0 Å². The van der Waals surface area contributed by atoms with Crippen molar-refractivity contribution in [3.05, 3.63) is 27.7 Å². The average Bonchev–Trinajstić information content (AvgIpc) is 3.12. The van der Waals surface area contributed by atoms with E-state index >= 15 is 0 Å². The summed E-state index contributed by atoms with van der Waals surface area (Å²) in [7, 11) is -3.62. The van der Waals surface area contributed by atoms with E-state index in [4.69, 9.17) is 0 Å². The van der Waals surface area contributed by atoms with Gasteiger partial charge in [0.1, 0.15) is 0 Å². The zero-order valence-electron chi connectivity index (χ0n) is 13.7. The van der Waals surface area contributed by atoms with E-state index in [2.05, 4.69) is 22.9 Å². The number of halogens is 1. The zero-order chi connectivity index (χ0) is 17.1. The summed E-state index contributed by atoms with van der Waals surface area (Å²) in [5.74, 6) is 0.431. The fourth-order valence-corrected chi connectivity index (χ4v) is 6.26. The molecule has 2 fully saturated rings. The molecule has 130 valence electrons. The molecule has 1 amide bonds. The van der Waals surface area contributed by atoms with Crippen LogP contribution in [0.5, 0.6) is 0 Å². The molecule has 0 radical (unpaired) electrons. The Bertz CT molecular complexity index is 798. The van der Waals surface area contributed by atoms with Gasteiger partial charge in [0.25, 0.3) is 5.91 Å². The van der Waals surface area contributed by atoms with Crippen LogP contribution in [0, 0.1) is 5.92 Å². The Kier molecular flexibility index (Phi) is 4.01. The summed E-state index contributed by atoms with van der Waals surface area (Å²) in [6.07, 6.45) is 4.08. The van der Waals surface area contributed by atoms with Crippen molar-refractivity contribution in [2.75, 3.05) is 13.1 Å². The van der Waals surface area contributed by atoms with Crippen LogP contribution in [0.15, 0.2) is 21.5 Å². The number of hydrogen-bond donors (Lipinski definition) is 0. The lowest BCUT2D eigenvalue weighted by molar-refractivity contribution is 0.0694. The van der Waals surface area contributed by atoms with E-state index in [9.17, 15) is 13.2 Å². The Labute approximate surface area is 151 Å². The summed E-state index contributed by atoms with van der Waals surface area (Å²) < 4.78 is 28.3. The van der Waals surface area contributed by atoms with Crippen molar-refractivity contribution in [3.8, 4) is 0 Å². The summed E-state index contributed by atoms with van der Waals surface area (Å²) >= 11 is 3.42. The van der Waals surface area contributed by atoms with Gasteiger partial charge in [0, 0.05) is 30.1 Å². The predicted octanol–water partition coefficient (Wildman–Crippen LogP) is 2.99. The van der Waals surface area contributed by atoms with E-state index in [1.165, 1.54) is 4.31 Å². The number of nitrogens with zero attached hydrogens (tertiary/aromatic N) is 2. The molecule has 1 saturated carbocycles. The molecule has 0 aromatic heterocycles. The van der Waals surface area contributed by atoms with Crippen molar-refractivity contribution in [3.63, 3.8) is 0 Å². The summed E-state index contributed by atoms with van der Waals surface area (Å²) in [5, 5.41) is 0. The number of amides is 1. The molecule has 1 atom stereocenters. The molecule has 1 saturated heterocycles. The van der Waals surface area contributed by atoms with Gasteiger partial charge in [0.2, 0.25) is 10.0 Å². The van der Waals surface area contributed by atoms with Crippen molar-refractivity contribution in [2.45, 2.75) is 50.1 Å². The Morgan fingerprint density at radius 2 is 1.88 bits per heavy atom. The number of rotatable bonds is 4. The van der Waals surface area contributed by atoms with Gasteiger partial charge in [-0.05, 0) is 56.2 Å². The van der Waals surface area contributed by atoms with Crippen molar-refractivity contribution in [1.82, 2.24) is 9.21 Å². The maximum Gasteiger partial charge on any atom is 0.256 e. The molecule has 2 heterocycles. The van der Waals surface area contributed by atoms with Gasteiger partial charge in [-0.15, -0.1) is 0 Å². The highest BCUT2D eigenvalue weighted by Crippen LogP contribution is 2.40. The van der Waals surface area contributed by atoms with Crippen LogP contribution in [-0.2, 0) is 16.6 Å². The van der Waals surface area contributed by atoms with Gasteiger partial charge in [-0.25, -0.2) is 8.42 Å². The molecule has 24 heavy (non-hydrogen) atoms. The lowest BCUT2D eigenvalue weighted by atomic mass is 10.1. The highest BCUT2D eigenvalue weighted by atomic mass is 79.9. The van der Waals surface area contributed by atoms with Gasteiger partial charge >= 0.3 is 0 Å². The minimum atomic E-state index is -3.62. The molecule has 4 rings (SSSR count). The number of carbonyl (C=O) groups excluding carboxylic acids is 1. The van der Waals surface area contributed by atoms with Crippen molar-refractivity contribution < 1.29 is 13.2 Å².